The van der Waals surface area contributed by atoms with Crippen molar-refractivity contribution in [3.8, 4) is 11.5 Å². The van der Waals surface area contributed by atoms with Crippen LogP contribution in [0.3, 0.4) is 0 Å². The molecular formula is C14H19NO4. The topological polar surface area (TPSA) is 67.8 Å². The fourth-order valence-corrected chi connectivity index (χ4v) is 1.46. The number of amides is 1. The van der Waals surface area contributed by atoms with Gasteiger partial charge in [-0.05, 0) is 25.1 Å². The maximum atomic E-state index is 11.5. The van der Waals surface area contributed by atoms with Gasteiger partial charge >= 0.3 is 0 Å². The monoisotopic (exact) mass is 265 g/mol. The van der Waals surface area contributed by atoms with E-state index < -0.39 is 0 Å². The van der Waals surface area contributed by atoms with Gasteiger partial charge in [-0.15, -0.1) is 0 Å². The number of carbonyl (C=O) groups excluding carboxylic acids is 1. The standard InChI is InChI=1S/C14H19NO4/c1-10(9-16)15-14(17)7-5-11-4-6-12(18-2)8-13(11)19-3/h4-8,10,16H,9H2,1-3H3,(H,15,17)/b7-5+. The summed E-state index contributed by atoms with van der Waals surface area (Å²) in [5.74, 6) is 1.05. The SMILES string of the molecule is COc1ccc(/C=C/C(=O)NC(C)CO)c(OC)c1. The fraction of sp³-hybridized carbons (Fsp3) is 0.357. The molecule has 0 bridgehead atoms. The minimum Gasteiger partial charge on any atom is -0.497 e. The highest BCUT2D eigenvalue weighted by molar-refractivity contribution is 5.92. The number of aliphatic hydroxyl groups is 1. The molecule has 0 fully saturated rings. The first-order valence-electron chi connectivity index (χ1n) is 5.92. The number of carbonyl (C=O) groups is 1. The average molecular weight is 265 g/mol. The summed E-state index contributed by atoms with van der Waals surface area (Å²) in [6.45, 7) is 1.63. The van der Waals surface area contributed by atoms with Crippen LogP contribution in [0.15, 0.2) is 24.3 Å². The van der Waals surface area contributed by atoms with E-state index in [1.165, 1.54) is 6.08 Å². The van der Waals surface area contributed by atoms with Crippen molar-refractivity contribution in [1.29, 1.82) is 0 Å². The Morgan fingerprint density at radius 3 is 2.74 bits per heavy atom. The third-order valence-corrected chi connectivity index (χ3v) is 2.52. The van der Waals surface area contributed by atoms with Crippen LogP contribution >= 0.6 is 0 Å². The normalized spacial score (nSPS) is 12.2. The van der Waals surface area contributed by atoms with Crippen molar-refractivity contribution in [2.45, 2.75) is 13.0 Å². The molecule has 5 nitrogen and oxygen atoms in total. The smallest absolute Gasteiger partial charge is 0.244 e. The van der Waals surface area contributed by atoms with Gasteiger partial charge in [0.15, 0.2) is 0 Å². The Morgan fingerprint density at radius 2 is 2.16 bits per heavy atom. The summed E-state index contributed by atoms with van der Waals surface area (Å²) in [5.41, 5.74) is 0.773. The van der Waals surface area contributed by atoms with Gasteiger partial charge in [0, 0.05) is 23.7 Å². The van der Waals surface area contributed by atoms with E-state index in [4.69, 9.17) is 14.6 Å². The Balaban J connectivity index is 2.78. The molecule has 0 aromatic heterocycles. The van der Waals surface area contributed by atoms with Crippen molar-refractivity contribution in [3.63, 3.8) is 0 Å². The Bertz CT molecular complexity index is 457. The molecule has 1 rings (SSSR count). The number of nitrogens with one attached hydrogen (secondary N) is 1. The lowest BCUT2D eigenvalue weighted by molar-refractivity contribution is -0.117. The Hall–Kier alpha value is -2.01. The molecule has 1 aromatic rings. The van der Waals surface area contributed by atoms with Crippen molar-refractivity contribution >= 4 is 12.0 Å². The molecule has 0 aliphatic heterocycles. The van der Waals surface area contributed by atoms with Crippen LogP contribution in [0.1, 0.15) is 12.5 Å². The predicted molar refractivity (Wildman–Crippen MR) is 73.3 cm³/mol. The Kier molecular flexibility index (Phi) is 5.89. The number of hydrogen-bond acceptors (Lipinski definition) is 4. The molecule has 1 aromatic carbocycles. The maximum Gasteiger partial charge on any atom is 0.244 e. The summed E-state index contributed by atoms with van der Waals surface area (Å²) in [7, 11) is 3.13. The highest BCUT2D eigenvalue weighted by atomic mass is 16.5. The zero-order valence-corrected chi connectivity index (χ0v) is 11.3. The molecule has 5 heteroatoms. The molecule has 19 heavy (non-hydrogen) atoms. The van der Waals surface area contributed by atoms with Crippen LogP contribution < -0.4 is 14.8 Å². The summed E-state index contributed by atoms with van der Waals surface area (Å²) < 4.78 is 10.3. The number of hydrogen-bond donors (Lipinski definition) is 2. The first-order valence-corrected chi connectivity index (χ1v) is 5.92. The quantitative estimate of drug-likeness (QED) is 0.759. The average Bonchev–Trinajstić information content (AvgIpc) is 2.44. The summed E-state index contributed by atoms with van der Waals surface area (Å²) in [6.07, 6.45) is 3.05. The van der Waals surface area contributed by atoms with Crippen LogP contribution in [0.2, 0.25) is 0 Å². The van der Waals surface area contributed by atoms with Crippen LogP contribution in [-0.4, -0.2) is 37.9 Å². The fourth-order valence-electron chi connectivity index (χ4n) is 1.46. The molecule has 0 radical (unpaired) electrons. The first-order chi connectivity index (χ1) is 9.10. The maximum absolute atomic E-state index is 11.5. The van der Waals surface area contributed by atoms with E-state index in [9.17, 15) is 4.79 Å². The summed E-state index contributed by atoms with van der Waals surface area (Å²) in [5, 5.41) is 11.5. The van der Waals surface area contributed by atoms with Crippen LogP contribution in [-0.2, 0) is 4.79 Å². The molecule has 1 unspecified atom stereocenters. The molecule has 104 valence electrons. The molecule has 0 aliphatic rings. The van der Waals surface area contributed by atoms with Crippen LogP contribution in [0.4, 0.5) is 0 Å². The van der Waals surface area contributed by atoms with E-state index in [-0.39, 0.29) is 18.6 Å². The van der Waals surface area contributed by atoms with E-state index in [1.54, 1.807) is 45.4 Å². The van der Waals surface area contributed by atoms with E-state index in [1.807, 2.05) is 0 Å². The molecule has 1 amide bonds. The summed E-state index contributed by atoms with van der Waals surface area (Å²) >= 11 is 0. The minimum absolute atomic E-state index is 0.0918. The van der Waals surface area contributed by atoms with E-state index in [0.29, 0.717) is 11.5 Å². The number of aliphatic hydroxyl groups excluding tert-OH is 1. The Morgan fingerprint density at radius 1 is 1.42 bits per heavy atom. The highest BCUT2D eigenvalue weighted by Crippen LogP contribution is 2.25. The summed E-state index contributed by atoms with van der Waals surface area (Å²) in [4.78, 5) is 11.5. The molecular weight excluding hydrogens is 246 g/mol. The zero-order chi connectivity index (χ0) is 14.3. The van der Waals surface area contributed by atoms with Crippen LogP contribution in [0.5, 0.6) is 11.5 Å². The number of ether oxygens (including phenoxy) is 2. The second-order valence-electron chi connectivity index (χ2n) is 4.03. The second kappa shape index (κ2) is 7.43. The van der Waals surface area contributed by atoms with Crippen molar-refractivity contribution < 1.29 is 19.4 Å². The lowest BCUT2D eigenvalue weighted by Crippen LogP contribution is -2.33. The molecule has 0 saturated heterocycles. The molecule has 2 N–H and O–H groups in total. The molecule has 1 atom stereocenters. The van der Waals surface area contributed by atoms with Gasteiger partial charge in [-0.25, -0.2) is 0 Å². The van der Waals surface area contributed by atoms with Gasteiger partial charge in [0.2, 0.25) is 5.91 Å². The third-order valence-electron chi connectivity index (χ3n) is 2.52. The van der Waals surface area contributed by atoms with Crippen molar-refractivity contribution in [1.82, 2.24) is 5.32 Å². The minimum atomic E-state index is -0.269. The lowest BCUT2D eigenvalue weighted by atomic mass is 10.1. The van der Waals surface area contributed by atoms with Crippen LogP contribution in [0, 0.1) is 0 Å². The third kappa shape index (κ3) is 4.63. The first kappa shape index (κ1) is 15.0. The van der Waals surface area contributed by atoms with Gasteiger partial charge < -0.3 is 19.9 Å². The molecule has 0 saturated carbocycles. The lowest BCUT2D eigenvalue weighted by Gasteiger charge is -2.09. The van der Waals surface area contributed by atoms with E-state index >= 15 is 0 Å². The van der Waals surface area contributed by atoms with E-state index in [0.717, 1.165) is 5.56 Å². The zero-order valence-electron chi connectivity index (χ0n) is 11.3. The van der Waals surface area contributed by atoms with Gasteiger partial charge in [-0.2, -0.15) is 0 Å². The highest BCUT2D eigenvalue weighted by Gasteiger charge is 2.04. The van der Waals surface area contributed by atoms with Crippen molar-refractivity contribution in [2.75, 3.05) is 20.8 Å². The molecule has 0 spiro atoms. The predicted octanol–water partition coefficient (Wildman–Crippen LogP) is 1.21. The summed E-state index contributed by atoms with van der Waals surface area (Å²) in [6, 6.07) is 5.07. The number of rotatable bonds is 6. The van der Waals surface area contributed by atoms with Crippen LogP contribution in [0.25, 0.3) is 6.08 Å². The number of methoxy groups -OCH3 is 2. The van der Waals surface area contributed by atoms with Crippen molar-refractivity contribution in [3.05, 3.63) is 29.8 Å². The van der Waals surface area contributed by atoms with Gasteiger partial charge in [-0.3, -0.25) is 4.79 Å². The van der Waals surface area contributed by atoms with Gasteiger partial charge in [-0.1, -0.05) is 0 Å². The Labute approximate surface area is 112 Å². The largest absolute Gasteiger partial charge is 0.497 e. The van der Waals surface area contributed by atoms with Gasteiger partial charge in [0.25, 0.3) is 0 Å². The van der Waals surface area contributed by atoms with Gasteiger partial charge in [0.1, 0.15) is 11.5 Å². The second-order valence-corrected chi connectivity index (χ2v) is 4.03. The van der Waals surface area contributed by atoms with Crippen molar-refractivity contribution in [2.24, 2.45) is 0 Å². The molecule has 0 heterocycles. The van der Waals surface area contributed by atoms with E-state index in [2.05, 4.69) is 5.32 Å². The number of benzene rings is 1. The van der Waals surface area contributed by atoms with Gasteiger partial charge in [0.05, 0.1) is 20.8 Å². The molecule has 0 aliphatic carbocycles.